The standard InChI is InChI=1S/C12H22O3/c1-2-15-12(10-3-4-10)11(13)9-5-7-14-8-6-9/h9-13H,2-8H2,1H3. The number of ether oxygens (including phenoxy) is 2. The molecule has 0 bridgehead atoms. The van der Waals surface area contributed by atoms with Crippen LogP contribution in [0.1, 0.15) is 32.6 Å². The van der Waals surface area contributed by atoms with Crippen molar-refractivity contribution in [1.29, 1.82) is 0 Å². The largest absolute Gasteiger partial charge is 0.390 e. The van der Waals surface area contributed by atoms with Crippen LogP contribution in [0.5, 0.6) is 0 Å². The summed E-state index contributed by atoms with van der Waals surface area (Å²) in [6.07, 6.45) is 4.23. The van der Waals surface area contributed by atoms with E-state index in [0.717, 1.165) is 26.1 Å². The summed E-state index contributed by atoms with van der Waals surface area (Å²) >= 11 is 0. The Morgan fingerprint density at radius 1 is 1.20 bits per heavy atom. The topological polar surface area (TPSA) is 38.7 Å². The van der Waals surface area contributed by atoms with Crippen molar-refractivity contribution in [3.05, 3.63) is 0 Å². The minimum atomic E-state index is -0.277. The molecular formula is C12H22O3. The van der Waals surface area contributed by atoms with Crippen LogP contribution in [0, 0.1) is 11.8 Å². The summed E-state index contributed by atoms with van der Waals surface area (Å²) in [4.78, 5) is 0. The lowest BCUT2D eigenvalue weighted by Gasteiger charge is -2.32. The van der Waals surface area contributed by atoms with Crippen LogP contribution in [0.15, 0.2) is 0 Å². The molecule has 2 unspecified atom stereocenters. The summed E-state index contributed by atoms with van der Waals surface area (Å²) < 4.78 is 11.0. The van der Waals surface area contributed by atoms with Gasteiger partial charge >= 0.3 is 0 Å². The fraction of sp³-hybridized carbons (Fsp3) is 1.00. The van der Waals surface area contributed by atoms with Gasteiger partial charge in [0.05, 0.1) is 12.2 Å². The summed E-state index contributed by atoms with van der Waals surface area (Å²) in [6, 6.07) is 0. The van der Waals surface area contributed by atoms with E-state index in [4.69, 9.17) is 9.47 Å². The zero-order valence-corrected chi connectivity index (χ0v) is 9.52. The number of aliphatic hydroxyl groups is 1. The van der Waals surface area contributed by atoms with Crippen molar-refractivity contribution in [1.82, 2.24) is 0 Å². The summed E-state index contributed by atoms with van der Waals surface area (Å²) in [6.45, 7) is 4.31. The van der Waals surface area contributed by atoms with E-state index in [9.17, 15) is 5.11 Å². The highest BCUT2D eigenvalue weighted by molar-refractivity contribution is 4.90. The molecule has 1 aliphatic carbocycles. The van der Waals surface area contributed by atoms with E-state index in [2.05, 4.69) is 0 Å². The van der Waals surface area contributed by atoms with Gasteiger partial charge in [0, 0.05) is 19.8 Å². The first-order chi connectivity index (χ1) is 7.33. The van der Waals surface area contributed by atoms with Crippen molar-refractivity contribution in [2.45, 2.75) is 44.8 Å². The van der Waals surface area contributed by atoms with Gasteiger partial charge in [-0.05, 0) is 44.4 Å². The van der Waals surface area contributed by atoms with Crippen LogP contribution >= 0.6 is 0 Å². The quantitative estimate of drug-likeness (QED) is 0.755. The summed E-state index contributed by atoms with van der Waals surface area (Å²) in [5.74, 6) is 0.999. The van der Waals surface area contributed by atoms with Gasteiger partial charge in [-0.1, -0.05) is 0 Å². The molecule has 0 amide bonds. The third kappa shape index (κ3) is 2.92. The molecule has 2 aliphatic rings. The average molecular weight is 214 g/mol. The van der Waals surface area contributed by atoms with E-state index in [0.29, 0.717) is 18.4 Å². The second-order valence-corrected chi connectivity index (χ2v) is 4.70. The molecule has 3 heteroatoms. The monoisotopic (exact) mass is 214 g/mol. The first-order valence-corrected chi connectivity index (χ1v) is 6.20. The molecule has 0 aromatic heterocycles. The van der Waals surface area contributed by atoms with Crippen molar-refractivity contribution in [3.8, 4) is 0 Å². The maximum Gasteiger partial charge on any atom is 0.0864 e. The minimum absolute atomic E-state index is 0.0816. The highest BCUT2D eigenvalue weighted by Gasteiger charge is 2.39. The maximum absolute atomic E-state index is 10.3. The zero-order valence-electron chi connectivity index (χ0n) is 9.52. The number of hydrogen-bond acceptors (Lipinski definition) is 3. The lowest BCUT2D eigenvalue weighted by molar-refractivity contribution is -0.0890. The van der Waals surface area contributed by atoms with Gasteiger partial charge in [-0.2, -0.15) is 0 Å². The molecule has 2 atom stereocenters. The van der Waals surface area contributed by atoms with Gasteiger partial charge in [0.25, 0.3) is 0 Å². The normalized spacial score (nSPS) is 27.6. The zero-order chi connectivity index (χ0) is 10.7. The van der Waals surface area contributed by atoms with Gasteiger partial charge in [-0.15, -0.1) is 0 Å². The Morgan fingerprint density at radius 2 is 1.87 bits per heavy atom. The van der Waals surface area contributed by atoms with Crippen LogP contribution in [0.3, 0.4) is 0 Å². The summed E-state index contributed by atoms with van der Waals surface area (Å²) in [5.41, 5.74) is 0. The lowest BCUT2D eigenvalue weighted by atomic mass is 9.89. The number of aliphatic hydroxyl groups excluding tert-OH is 1. The molecule has 0 spiro atoms. The third-order valence-electron chi connectivity index (χ3n) is 3.53. The fourth-order valence-electron chi connectivity index (χ4n) is 2.46. The Balaban J connectivity index is 1.87. The molecule has 1 saturated heterocycles. The predicted octanol–water partition coefficient (Wildman–Crippen LogP) is 1.59. The van der Waals surface area contributed by atoms with Gasteiger partial charge < -0.3 is 14.6 Å². The van der Waals surface area contributed by atoms with Crippen molar-refractivity contribution in [3.63, 3.8) is 0 Å². The van der Waals surface area contributed by atoms with E-state index < -0.39 is 0 Å². The van der Waals surface area contributed by atoms with E-state index >= 15 is 0 Å². The number of rotatable bonds is 5. The van der Waals surface area contributed by atoms with E-state index in [1.54, 1.807) is 0 Å². The molecule has 0 aromatic rings. The first-order valence-electron chi connectivity index (χ1n) is 6.20. The molecule has 1 saturated carbocycles. The molecule has 2 rings (SSSR count). The molecule has 2 fully saturated rings. The van der Waals surface area contributed by atoms with Crippen molar-refractivity contribution >= 4 is 0 Å². The van der Waals surface area contributed by atoms with Crippen LogP contribution in [0.2, 0.25) is 0 Å². The number of hydrogen-bond donors (Lipinski definition) is 1. The molecule has 3 nitrogen and oxygen atoms in total. The molecule has 88 valence electrons. The van der Waals surface area contributed by atoms with Crippen molar-refractivity contribution in [2.75, 3.05) is 19.8 Å². The highest BCUT2D eigenvalue weighted by atomic mass is 16.5. The summed E-state index contributed by atoms with van der Waals surface area (Å²) in [7, 11) is 0. The maximum atomic E-state index is 10.3. The van der Waals surface area contributed by atoms with Gasteiger partial charge in [0.2, 0.25) is 0 Å². The molecule has 15 heavy (non-hydrogen) atoms. The van der Waals surface area contributed by atoms with Crippen LogP contribution in [0.25, 0.3) is 0 Å². The Bertz CT molecular complexity index is 185. The molecular weight excluding hydrogens is 192 g/mol. The van der Waals surface area contributed by atoms with Crippen LogP contribution in [0.4, 0.5) is 0 Å². The van der Waals surface area contributed by atoms with E-state index in [-0.39, 0.29) is 12.2 Å². The molecule has 1 heterocycles. The summed E-state index contributed by atoms with van der Waals surface area (Å²) in [5, 5.41) is 10.3. The van der Waals surface area contributed by atoms with Crippen LogP contribution in [-0.4, -0.2) is 37.1 Å². The SMILES string of the molecule is CCOC(C1CC1)C(O)C1CCOCC1. The average Bonchev–Trinajstić information content (AvgIpc) is 3.10. The fourth-order valence-corrected chi connectivity index (χ4v) is 2.46. The molecule has 0 aromatic carbocycles. The van der Waals surface area contributed by atoms with Gasteiger partial charge in [-0.3, -0.25) is 0 Å². The Morgan fingerprint density at radius 3 is 2.40 bits per heavy atom. The smallest absolute Gasteiger partial charge is 0.0864 e. The van der Waals surface area contributed by atoms with Gasteiger partial charge in [0.15, 0.2) is 0 Å². The minimum Gasteiger partial charge on any atom is -0.390 e. The van der Waals surface area contributed by atoms with Crippen molar-refractivity contribution in [2.24, 2.45) is 11.8 Å². The van der Waals surface area contributed by atoms with Crippen LogP contribution in [-0.2, 0) is 9.47 Å². The van der Waals surface area contributed by atoms with Crippen LogP contribution < -0.4 is 0 Å². The first kappa shape index (κ1) is 11.4. The van der Waals surface area contributed by atoms with E-state index in [1.807, 2.05) is 6.92 Å². The van der Waals surface area contributed by atoms with Gasteiger partial charge in [0.1, 0.15) is 0 Å². The molecule has 1 N–H and O–H groups in total. The second kappa shape index (κ2) is 5.28. The predicted molar refractivity (Wildman–Crippen MR) is 57.7 cm³/mol. The Kier molecular flexibility index (Phi) is 4.00. The second-order valence-electron chi connectivity index (χ2n) is 4.70. The van der Waals surface area contributed by atoms with E-state index in [1.165, 1.54) is 12.8 Å². The Hall–Kier alpha value is -0.120. The molecule has 0 radical (unpaired) electrons. The van der Waals surface area contributed by atoms with Gasteiger partial charge in [-0.25, -0.2) is 0 Å². The lowest BCUT2D eigenvalue weighted by Crippen LogP contribution is -2.39. The Labute approximate surface area is 91.8 Å². The third-order valence-corrected chi connectivity index (χ3v) is 3.53. The van der Waals surface area contributed by atoms with Crippen molar-refractivity contribution < 1.29 is 14.6 Å². The molecule has 1 aliphatic heterocycles. The highest BCUT2D eigenvalue weighted by Crippen LogP contribution is 2.38.